The van der Waals surface area contributed by atoms with E-state index in [1.807, 2.05) is 11.8 Å². The standard InChI is InChI=1S/C16H18FN3O2/c1-2-14(21)20-9-5-6-11(10-20)15-18-19-16(22-15)12-7-3-4-8-13(12)17/h3-4,7-8,11H,2,5-6,9-10H2,1H3. The molecule has 0 spiro atoms. The van der Waals surface area contributed by atoms with E-state index in [2.05, 4.69) is 10.2 Å². The van der Waals surface area contributed by atoms with Crippen molar-refractivity contribution in [3.05, 3.63) is 36.0 Å². The fraction of sp³-hybridized carbons (Fsp3) is 0.438. The van der Waals surface area contributed by atoms with Crippen LogP contribution in [0.3, 0.4) is 0 Å². The van der Waals surface area contributed by atoms with Crippen molar-refractivity contribution in [2.75, 3.05) is 13.1 Å². The number of piperidine rings is 1. The van der Waals surface area contributed by atoms with E-state index in [-0.39, 0.29) is 23.5 Å². The van der Waals surface area contributed by atoms with Crippen molar-refractivity contribution in [1.82, 2.24) is 15.1 Å². The second kappa shape index (κ2) is 6.25. The van der Waals surface area contributed by atoms with Gasteiger partial charge in [0.15, 0.2) is 0 Å². The van der Waals surface area contributed by atoms with Gasteiger partial charge in [0.25, 0.3) is 5.89 Å². The maximum absolute atomic E-state index is 13.8. The zero-order valence-corrected chi connectivity index (χ0v) is 12.5. The van der Waals surface area contributed by atoms with E-state index in [4.69, 9.17) is 4.42 Å². The van der Waals surface area contributed by atoms with Crippen molar-refractivity contribution in [1.29, 1.82) is 0 Å². The molecule has 2 heterocycles. The minimum absolute atomic E-state index is 0.0253. The summed E-state index contributed by atoms with van der Waals surface area (Å²) in [6, 6.07) is 6.32. The zero-order valence-electron chi connectivity index (χ0n) is 12.5. The number of benzene rings is 1. The van der Waals surface area contributed by atoms with Gasteiger partial charge < -0.3 is 9.32 Å². The van der Waals surface area contributed by atoms with Gasteiger partial charge in [0.05, 0.1) is 11.5 Å². The van der Waals surface area contributed by atoms with Crippen LogP contribution in [0.1, 0.15) is 38.0 Å². The molecule has 1 aromatic carbocycles. The first-order chi connectivity index (χ1) is 10.7. The number of hydrogen-bond donors (Lipinski definition) is 0. The molecule has 1 saturated heterocycles. The topological polar surface area (TPSA) is 59.2 Å². The molecule has 22 heavy (non-hydrogen) atoms. The van der Waals surface area contributed by atoms with E-state index in [9.17, 15) is 9.18 Å². The summed E-state index contributed by atoms with van der Waals surface area (Å²) < 4.78 is 19.4. The Labute approximate surface area is 128 Å². The molecule has 0 aliphatic carbocycles. The van der Waals surface area contributed by atoms with E-state index in [0.717, 1.165) is 19.4 Å². The fourth-order valence-electron chi connectivity index (χ4n) is 2.77. The average molecular weight is 303 g/mol. The van der Waals surface area contributed by atoms with Crippen LogP contribution < -0.4 is 0 Å². The lowest BCUT2D eigenvalue weighted by Gasteiger charge is -2.30. The highest BCUT2D eigenvalue weighted by Crippen LogP contribution is 2.29. The van der Waals surface area contributed by atoms with Gasteiger partial charge in [0.2, 0.25) is 11.8 Å². The summed E-state index contributed by atoms with van der Waals surface area (Å²) in [4.78, 5) is 13.7. The molecule has 116 valence electrons. The summed E-state index contributed by atoms with van der Waals surface area (Å²) >= 11 is 0. The summed E-state index contributed by atoms with van der Waals surface area (Å²) in [6.07, 6.45) is 2.30. The number of halogens is 1. The highest BCUT2D eigenvalue weighted by atomic mass is 19.1. The molecule has 1 aromatic heterocycles. The van der Waals surface area contributed by atoms with Gasteiger partial charge >= 0.3 is 0 Å². The predicted molar refractivity (Wildman–Crippen MR) is 78.5 cm³/mol. The summed E-state index contributed by atoms with van der Waals surface area (Å²) in [7, 11) is 0. The molecule has 3 rings (SSSR count). The molecule has 1 unspecified atom stereocenters. The van der Waals surface area contributed by atoms with Crippen molar-refractivity contribution >= 4 is 5.91 Å². The summed E-state index contributed by atoms with van der Waals surface area (Å²) in [5.41, 5.74) is 0.304. The Bertz CT molecular complexity index is 671. The molecule has 1 aliphatic rings. The van der Waals surface area contributed by atoms with Crippen molar-refractivity contribution < 1.29 is 13.6 Å². The van der Waals surface area contributed by atoms with Gasteiger partial charge in [0, 0.05) is 19.5 Å². The first-order valence-electron chi connectivity index (χ1n) is 7.55. The first-order valence-corrected chi connectivity index (χ1v) is 7.55. The highest BCUT2D eigenvalue weighted by molar-refractivity contribution is 5.76. The Kier molecular flexibility index (Phi) is 4.18. The van der Waals surface area contributed by atoms with Crippen molar-refractivity contribution in [2.45, 2.75) is 32.1 Å². The number of rotatable bonds is 3. The monoisotopic (exact) mass is 303 g/mol. The van der Waals surface area contributed by atoms with E-state index in [0.29, 0.717) is 24.4 Å². The van der Waals surface area contributed by atoms with Crippen LogP contribution in [0.2, 0.25) is 0 Å². The number of carbonyl (C=O) groups is 1. The molecular formula is C16H18FN3O2. The zero-order chi connectivity index (χ0) is 15.5. The molecule has 2 aromatic rings. The van der Waals surface area contributed by atoms with E-state index in [1.54, 1.807) is 18.2 Å². The number of amides is 1. The molecule has 1 atom stereocenters. The molecule has 0 radical (unpaired) electrons. The van der Waals surface area contributed by atoms with Gasteiger partial charge in [-0.2, -0.15) is 0 Å². The number of aromatic nitrogens is 2. The Morgan fingerprint density at radius 1 is 1.41 bits per heavy atom. The van der Waals surface area contributed by atoms with Gasteiger partial charge in [0.1, 0.15) is 5.82 Å². The van der Waals surface area contributed by atoms with Crippen molar-refractivity contribution in [2.24, 2.45) is 0 Å². The average Bonchev–Trinajstić information content (AvgIpc) is 3.04. The molecule has 0 bridgehead atoms. The third-order valence-corrected chi connectivity index (χ3v) is 3.97. The minimum atomic E-state index is -0.385. The Hall–Kier alpha value is -2.24. The lowest BCUT2D eigenvalue weighted by Crippen LogP contribution is -2.38. The van der Waals surface area contributed by atoms with Crippen molar-refractivity contribution in [3.63, 3.8) is 0 Å². The first kappa shape index (κ1) is 14.7. The predicted octanol–water partition coefficient (Wildman–Crippen LogP) is 2.99. The molecule has 1 aliphatic heterocycles. The maximum atomic E-state index is 13.8. The SMILES string of the molecule is CCC(=O)N1CCCC(c2nnc(-c3ccccc3F)o2)C1. The van der Waals surface area contributed by atoms with Crippen LogP contribution in [-0.2, 0) is 4.79 Å². The lowest BCUT2D eigenvalue weighted by atomic mass is 9.98. The lowest BCUT2D eigenvalue weighted by molar-refractivity contribution is -0.132. The third-order valence-electron chi connectivity index (χ3n) is 3.97. The summed E-state index contributed by atoms with van der Waals surface area (Å²) in [5, 5.41) is 8.01. The number of carbonyl (C=O) groups excluding carboxylic acids is 1. The Balaban J connectivity index is 1.79. The van der Waals surface area contributed by atoms with Gasteiger partial charge in [-0.15, -0.1) is 10.2 Å². The van der Waals surface area contributed by atoms with Crippen LogP contribution in [0.5, 0.6) is 0 Å². The largest absolute Gasteiger partial charge is 0.420 e. The molecule has 0 N–H and O–H groups in total. The number of likely N-dealkylation sites (tertiary alicyclic amines) is 1. The van der Waals surface area contributed by atoms with Crippen LogP contribution in [0, 0.1) is 5.82 Å². The smallest absolute Gasteiger partial charge is 0.250 e. The van der Waals surface area contributed by atoms with Crippen LogP contribution in [0.25, 0.3) is 11.5 Å². The third kappa shape index (κ3) is 2.86. The van der Waals surface area contributed by atoms with Crippen LogP contribution >= 0.6 is 0 Å². The Morgan fingerprint density at radius 3 is 3.00 bits per heavy atom. The molecule has 0 saturated carbocycles. The molecule has 1 amide bonds. The van der Waals surface area contributed by atoms with E-state index < -0.39 is 0 Å². The van der Waals surface area contributed by atoms with Gasteiger partial charge in [-0.25, -0.2) is 4.39 Å². The van der Waals surface area contributed by atoms with Crippen LogP contribution in [-0.4, -0.2) is 34.1 Å². The Morgan fingerprint density at radius 2 is 2.23 bits per heavy atom. The maximum Gasteiger partial charge on any atom is 0.250 e. The van der Waals surface area contributed by atoms with E-state index >= 15 is 0 Å². The van der Waals surface area contributed by atoms with Gasteiger partial charge in [-0.05, 0) is 25.0 Å². The highest BCUT2D eigenvalue weighted by Gasteiger charge is 2.28. The van der Waals surface area contributed by atoms with Gasteiger partial charge in [-0.1, -0.05) is 19.1 Å². The fourth-order valence-corrected chi connectivity index (χ4v) is 2.77. The number of hydrogen-bond acceptors (Lipinski definition) is 4. The molecule has 1 fully saturated rings. The summed E-state index contributed by atoms with van der Waals surface area (Å²) in [5.74, 6) is 0.443. The normalized spacial score (nSPS) is 18.5. The van der Waals surface area contributed by atoms with Crippen LogP contribution in [0.15, 0.2) is 28.7 Å². The minimum Gasteiger partial charge on any atom is -0.420 e. The molecular weight excluding hydrogens is 285 g/mol. The second-order valence-corrected chi connectivity index (χ2v) is 5.46. The quantitative estimate of drug-likeness (QED) is 0.874. The van der Waals surface area contributed by atoms with Crippen LogP contribution in [0.4, 0.5) is 4.39 Å². The molecule has 5 nitrogen and oxygen atoms in total. The number of nitrogens with zero attached hydrogens (tertiary/aromatic N) is 3. The van der Waals surface area contributed by atoms with Gasteiger partial charge in [-0.3, -0.25) is 4.79 Å². The second-order valence-electron chi connectivity index (χ2n) is 5.46. The molecule has 6 heteroatoms. The summed E-state index contributed by atoms with van der Waals surface area (Å²) in [6.45, 7) is 3.22. The van der Waals surface area contributed by atoms with E-state index in [1.165, 1.54) is 6.07 Å². The van der Waals surface area contributed by atoms with Crippen molar-refractivity contribution in [3.8, 4) is 11.5 Å².